The monoisotopic (exact) mass is 252 g/mol. The maximum atomic E-state index is 12.9. The molecule has 0 heterocycles. The van der Waals surface area contributed by atoms with Gasteiger partial charge >= 0.3 is 65.3 Å². The summed E-state index contributed by atoms with van der Waals surface area (Å²) in [6, 6.07) is 4.07. The van der Waals surface area contributed by atoms with Crippen LogP contribution >= 0.6 is 0 Å². The summed E-state index contributed by atoms with van der Waals surface area (Å²) in [6.45, 7) is 3.53. The number of hydrogen-bond donors (Lipinski definition) is 2. The van der Waals surface area contributed by atoms with Gasteiger partial charge in [0.2, 0.25) is 0 Å². The molecule has 0 aliphatic carbocycles. The molecule has 0 bridgehead atoms. The zero-order valence-electron chi connectivity index (χ0n) is 7.50. The minimum absolute atomic E-state index is 0. The summed E-state index contributed by atoms with van der Waals surface area (Å²) in [5, 5.41) is 17.4. The van der Waals surface area contributed by atoms with E-state index < -0.39 is 12.9 Å². The van der Waals surface area contributed by atoms with Crippen molar-refractivity contribution in [1.82, 2.24) is 0 Å². The molecule has 0 saturated heterocycles. The molecule has 0 aliphatic rings. The summed E-state index contributed by atoms with van der Waals surface area (Å²) in [6.07, 6.45) is 0.355. The van der Waals surface area contributed by atoms with E-state index in [0.29, 0.717) is 12.0 Å². The molecule has 0 saturated carbocycles. The molecule has 1 rings (SSSR count). The van der Waals surface area contributed by atoms with Crippen LogP contribution in [0.2, 0.25) is 0 Å². The first-order chi connectivity index (χ1) is 5.65. The molecule has 0 atom stereocenters. The van der Waals surface area contributed by atoms with Gasteiger partial charge in [0.25, 0.3) is 0 Å². The van der Waals surface area contributed by atoms with Crippen molar-refractivity contribution in [3.63, 3.8) is 0 Å². The Morgan fingerprint density at radius 3 is 2.38 bits per heavy atom. The van der Waals surface area contributed by atoms with E-state index in [4.69, 9.17) is 10.0 Å². The Morgan fingerprint density at radius 1 is 1.38 bits per heavy atom. The normalized spacial score (nSPS) is 9.23. The Hall–Kier alpha value is 0.940. The molecule has 2 N–H and O–H groups in total. The van der Waals surface area contributed by atoms with Gasteiger partial charge in [-0.3, -0.25) is 0 Å². The maximum absolute atomic E-state index is 12.9. The Labute approximate surface area is 126 Å². The third kappa shape index (κ3) is 3.90. The minimum Gasteiger partial charge on any atom is -0.423 e. The van der Waals surface area contributed by atoms with E-state index in [1.807, 2.05) is 0 Å². The molecular formula is C8H9BFO2Rb. The maximum Gasteiger partial charge on any atom is 1.00 e. The molecular weight excluding hydrogens is 243 g/mol. The Balaban J connectivity index is 0.00000144. The van der Waals surface area contributed by atoms with Gasteiger partial charge in [0, 0.05) is 0 Å². The second kappa shape index (κ2) is 6.43. The van der Waals surface area contributed by atoms with Crippen molar-refractivity contribution in [2.75, 3.05) is 0 Å². The number of benzene rings is 1. The molecule has 0 spiro atoms. The van der Waals surface area contributed by atoms with Crippen LogP contribution in [0.1, 0.15) is 5.56 Å². The molecule has 0 amide bonds. The second-order valence-corrected chi connectivity index (χ2v) is 2.47. The molecule has 64 valence electrons. The summed E-state index contributed by atoms with van der Waals surface area (Å²) in [4.78, 5) is 0. The van der Waals surface area contributed by atoms with Crippen LogP contribution in [-0.4, -0.2) is 17.2 Å². The van der Waals surface area contributed by atoms with Crippen LogP contribution in [0.3, 0.4) is 0 Å². The van der Waals surface area contributed by atoms with Crippen molar-refractivity contribution < 1.29 is 72.6 Å². The fourth-order valence-corrected chi connectivity index (χ4v) is 0.927. The predicted molar refractivity (Wildman–Crippen MR) is 45.3 cm³/mol. The average Bonchev–Trinajstić information content (AvgIpc) is 2.04. The average molecular weight is 252 g/mol. The van der Waals surface area contributed by atoms with E-state index in [1.54, 1.807) is 0 Å². The Bertz CT molecular complexity index is 281. The second-order valence-electron chi connectivity index (χ2n) is 2.47. The summed E-state index contributed by atoms with van der Waals surface area (Å²) in [5.41, 5.74) is 0.629. The largest absolute Gasteiger partial charge is 1.00 e. The van der Waals surface area contributed by atoms with Gasteiger partial charge in [0.1, 0.15) is 5.82 Å². The molecule has 1 aromatic carbocycles. The summed E-state index contributed by atoms with van der Waals surface area (Å²) in [5.74, 6) is -0.449. The first-order valence-electron chi connectivity index (χ1n) is 3.59. The zero-order valence-corrected chi connectivity index (χ0v) is 12.4. The third-order valence-electron chi connectivity index (χ3n) is 1.64. The van der Waals surface area contributed by atoms with Crippen molar-refractivity contribution in [2.45, 2.75) is 6.42 Å². The fraction of sp³-hybridized carbons (Fsp3) is 0.125. The van der Waals surface area contributed by atoms with Gasteiger partial charge in [0.15, 0.2) is 0 Å². The molecule has 0 fully saturated rings. The zero-order chi connectivity index (χ0) is 9.14. The SMILES string of the molecule is [CH2-]Cc1ccc(B(O)O)cc1F.[Rb+]. The molecule has 2 nitrogen and oxygen atoms in total. The van der Waals surface area contributed by atoms with E-state index in [9.17, 15) is 4.39 Å². The van der Waals surface area contributed by atoms with Crippen LogP contribution in [0.5, 0.6) is 0 Å². The van der Waals surface area contributed by atoms with E-state index in [2.05, 4.69) is 6.92 Å². The van der Waals surface area contributed by atoms with E-state index in [-0.39, 0.29) is 63.7 Å². The van der Waals surface area contributed by atoms with E-state index in [0.717, 1.165) is 6.07 Å². The topological polar surface area (TPSA) is 40.5 Å². The van der Waals surface area contributed by atoms with Crippen LogP contribution < -0.4 is 63.7 Å². The van der Waals surface area contributed by atoms with Gasteiger partial charge in [-0.2, -0.15) is 6.42 Å². The van der Waals surface area contributed by atoms with Gasteiger partial charge in [-0.15, -0.1) is 0 Å². The van der Waals surface area contributed by atoms with E-state index in [1.165, 1.54) is 12.1 Å². The van der Waals surface area contributed by atoms with Crippen LogP contribution in [0.15, 0.2) is 18.2 Å². The minimum atomic E-state index is -1.61. The van der Waals surface area contributed by atoms with Crippen molar-refractivity contribution >= 4 is 12.6 Å². The standard InChI is InChI=1S/C8H9BFO2.Rb/c1-2-6-3-4-7(9(11)12)5-8(6)10;/h3-5,11-12H,1-2H2;/q-1;+1. The molecule has 1 aromatic rings. The predicted octanol–water partition coefficient (Wildman–Crippen LogP) is -3.11. The molecule has 5 heteroatoms. The summed E-state index contributed by atoms with van der Waals surface area (Å²) >= 11 is 0. The van der Waals surface area contributed by atoms with Gasteiger partial charge < -0.3 is 17.0 Å². The van der Waals surface area contributed by atoms with Gasteiger partial charge in [-0.25, -0.2) is 4.39 Å². The number of halogens is 1. The molecule has 13 heavy (non-hydrogen) atoms. The van der Waals surface area contributed by atoms with Crippen molar-refractivity contribution in [2.24, 2.45) is 0 Å². The molecule has 0 aromatic heterocycles. The van der Waals surface area contributed by atoms with Crippen molar-refractivity contribution in [3.8, 4) is 0 Å². The van der Waals surface area contributed by atoms with Crippen molar-refractivity contribution in [3.05, 3.63) is 36.5 Å². The van der Waals surface area contributed by atoms with Gasteiger partial charge in [-0.1, -0.05) is 12.1 Å². The van der Waals surface area contributed by atoms with E-state index >= 15 is 0 Å². The first-order valence-corrected chi connectivity index (χ1v) is 3.59. The van der Waals surface area contributed by atoms with Crippen LogP contribution in [0.25, 0.3) is 0 Å². The fourth-order valence-electron chi connectivity index (χ4n) is 0.927. The summed E-state index contributed by atoms with van der Waals surface area (Å²) in [7, 11) is -1.61. The van der Waals surface area contributed by atoms with Crippen molar-refractivity contribution in [1.29, 1.82) is 0 Å². The van der Waals surface area contributed by atoms with Gasteiger partial charge in [-0.05, 0) is 17.1 Å². The third-order valence-corrected chi connectivity index (χ3v) is 1.64. The quantitative estimate of drug-likeness (QED) is 0.432. The smallest absolute Gasteiger partial charge is 0.423 e. The number of hydrogen-bond acceptors (Lipinski definition) is 2. The molecule has 0 unspecified atom stereocenters. The Kier molecular flexibility index (Phi) is 6.89. The molecule has 0 radical (unpaired) electrons. The van der Waals surface area contributed by atoms with Crippen LogP contribution in [0, 0.1) is 12.7 Å². The Morgan fingerprint density at radius 2 is 2.00 bits per heavy atom. The van der Waals surface area contributed by atoms with Crippen LogP contribution in [0.4, 0.5) is 4.39 Å². The summed E-state index contributed by atoms with van der Waals surface area (Å²) < 4.78 is 12.9. The molecule has 0 aliphatic heterocycles. The number of rotatable bonds is 2. The van der Waals surface area contributed by atoms with Gasteiger partial charge in [0.05, 0.1) is 0 Å². The van der Waals surface area contributed by atoms with Crippen LogP contribution in [-0.2, 0) is 6.42 Å². The first kappa shape index (κ1) is 13.9.